The van der Waals surface area contributed by atoms with Gasteiger partial charge in [0.2, 0.25) is 10.0 Å². The van der Waals surface area contributed by atoms with Crippen molar-refractivity contribution in [2.45, 2.75) is 46.0 Å². The second kappa shape index (κ2) is 11.6. The summed E-state index contributed by atoms with van der Waals surface area (Å²) < 4.78 is 26.9. The van der Waals surface area contributed by atoms with E-state index in [0.29, 0.717) is 6.54 Å². The summed E-state index contributed by atoms with van der Waals surface area (Å²) in [5.74, 6) is 0.696. The van der Waals surface area contributed by atoms with Crippen LogP contribution in [0.4, 0.5) is 0 Å². The molecule has 0 fully saturated rings. The number of nitrogens with zero attached hydrogens (tertiary/aromatic N) is 1. The monoisotopic (exact) mass is 468 g/mol. The molecule has 24 heavy (non-hydrogen) atoms. The Balaban J connectivity index is 0.00000529. The van der Waals surface area contributed by atoms with Crippen LogP contribution in [0.15, 0.2) is 29.3 Å². The highest BCUT2D eigenvalue weighted by molar-refractivity contribution is 14.0. The van der Waals surface area contributed by atoms with Crippen LogP contribution in [-0.2, 0) is 22.3 Å². The van der Waals surface area contributed by atoms with E-state index >= 15 is 0 Å². The van der Waals surface area contributed by atoms with Crippen molar-refractivity contribution < 1.29 is 8.42 Å². The topological polar surface area (TPSA) is 82.6 Å². The normalized spacial score (nSPS) is 10.9. The number of halogens is 1. The van der Waals surface area contributed by atoms with E-state index in [1.54, 1.807) is 0 Å². The lowest BCUT2D eigenvalue weighted by Gasteiger charge is -2.13. The van der Waals surface area contributed by atoms with Crippen LogP contribution in [0.1, 0.15) is 38.8 Å². The minimum Gasteiger partial charge on any atom is -0.357 e. The van der Waals surface area contributed by atoms with Crippen molar-refractivity contribution in [2.24, 2.45) is 4.99 Å². The molecule has 3 N–H and O–H groups in total. The van der Waals surface area contributed by atoms with Gasteiger partial charge in [-0.15, -0.1) is 24.0 Å². The molecule has 0 bridgehead atoms. The molecule has 8 heteroatoms. The van der Waals surface area contributed by atoms with Gasteiger partial charge in [-0.3, -0.25) is 0 Å². The zero-order valence-corrected chi connectivity index (χ0v) is 17.9. The molecule has 0 heterocycles. The first kappa shape index (κ1) is 23.1. The highest BCUT2D eigenvalue weighted by Crippen LogP contribution is 2.13. The van der Waals surface area contributed by atoms with Gasteiger partial charge in [-0.2, -0.15) is 0 Å². The van der Waals surface area contributed by atoms with E-state index < -0.39 is 10.0 Å². The molecule has 0 radical (unpaired) electrons. The summed E-state index contributed by atoms with van der Waals surface area (Å²) in [5.41, 5.74) is 1.69. The summed E-state index contributed by atoms with van der Waals surface area (Å²) in [6, 6.07) is 7.39. The average molecular weight is 468 g/mol. The van der Waals surface area contributed by atoms with Crippen LogP contribution in [0.25, 0.3) is 0 Å². The molecule has 0 atom stereocenters. The van der Waals surface area contributed by atoms with Crippen LogP contribution in [0.2, 0.25) is 0 Å². The number of hydrogen-bond donors (Lipinski definition) is 3. The van der Waals surface area contributed by atoms with E-state index in [2.05, 4.69) is 20.3 Å². The minimum atomic E-state index is -3.35. The number of guanidine groups is 1. The Kier molecular flexibility index (Phi) is 11.2. The first-order chi connectivity index (χ1) is 10.9. The molecular weight excluding hydrogens is 439 g/mol. The molecule has 0 amide bonds. The van der Waals surface area contributed by atoms with Gasteiger partial charge in [-0.1, -0.05) is 24.3 Å². The maximum absolute atomic E-state index is 12.1. The molecule has 0 saturated carbocycles. The molecule has 0 aliphatic rings. The summed E-state index contributed by atoms with van der Waals surface area (Å²) in [5, 5.41) is 6.31. The first-order valence-electron chi connectivity index (χ1n) is 7.97. The lowest BCUT2D eigenvalue weighted by Crippen LogP contribution is -2.37. The van der Waals surface area contributed by atoms with Crippen LogP contribution < -0.4 is 15.4 Å². The van der Waals surface area contributed by atoms with Gasteiger partial charge in [-0.25, -0.2) is 18.1 Å². The number of aliphatic imine (C=N–C) groups is 1. The number of benzene rings is 1. The second-order valence-electron chi connectivity index (χ2n) is 5.53. The van der Waals surface area contributed by atoms with E-state index in [4.69, 9.17) is 0 Å². The number of nitrogens with one attached hydrogen (secondary N) is 3. The van der Waals surface area contributed by atoms with Crippen LogP contribution in [0.5, 0.6) is 0 Å². The van der Waals surface area contributed by atoms with Crippen LogP contribution in [0, 0.1) is 0 Å². The zero-order chi connectivity index (χ0) is 17.3. The van der Waals surface area contributed by atoms with Crippen molar-refractivity contribution in [1.29, 1.82) is 0 Å². The van der Waals surface area contributed by atoms with Crippen LogP contribution in [0.3, 0.4) is 0 Å². The third kappa shape index (κ3) is 8.84. The zero-order valence-electron chi connectivity index (χ0n) is 14.8. The standard InChI is InChI=1S/C16H28N4O2S.HI/c1-5-17-16(18-6-2)19-11-14-9-7-8-10-15(14)12-23(21,22)20-13(3)4;/h7-10,13,20H,5-6,11-12H2,1-4H3,(H2,17,18,19);1H. The molecule has 0 aliphatic heterocycles. The average Bonchev–Trinajstić information content (AvgIpc) is 2.44. The molecule has 6 nitrogen and oxygen atoms in total. The highest BCUT2D eigenvalue weighted by atomic mass is 127. The number of hydrogen-bond acceptors (Lipinski definition) is 3. The number of sulfonamides is 1. The third-order valence-electron chi connectivity index (χ3n) is 2.98. The van der Waals surface area contributed by atoms with Gasteiger partial charge < -0.3 is 10.6 Å². The summed E-state index contributed by atoms with van der Waals surface area (Å²) in [6.07, 6.45) is 0. The van der Waals surface area contributed by atoms with E-state index in [0.717, 1.165) is 30.2 Å². The Morgan fingerprint density at radius 1 is 1.08 bits per heavy atom. The lowest BCUT2D eigenvalue weighted by atomic mass is 10.1. The smallest absolute Gasteiger partial charge is 0.216 e. The second-order valence-corrected chi connectivity index (χ2v) is 7.28. The maximum atomic E-state index is 12.1. The van der Waals surface area contributed by atoms with Gasteiger partial charge in [0.1, 0.15) is 0 Å². The highest BCUT2D eigenvalue weighted by Gasteiger charge is 2.15. The minimum absolute atomic E-state index is 0. The lowest BCUT2D eigenvalue weighted by molar-refractivity contribution is 0.569. The molecule has 0 spiro atoms. The quantitative estimate of drug-likeness (QED) is 0.311. The summed E-state index contributed by atoms with van der Waals surface area (Å²) >= 11 is 0. The van der Waals surface area contributed by atoms with Gasteiger partial charge in [0.15, 0.2) is 5.96 Å². The van der Waals surface area contributed by atoms with Crippen molar-refractivity contribution in [3.63, 3.8) is 0 Å². The Hall–Kier alpha value is -0.870. The SMILES string of the molecule is CCNC(=NCc1ccccc1CS(=O)(=O)NC(C)C)NCC.I. The Morgan fingerprint density at radius 2 is 1.62 bits per heavy atom. The molecule has 0 saturated heterocycles. The van der Waals surface area contributed by atoms with Crippen molar-refractivity contribution in [2.75, 3.05) is 13.1 Å². The fourth-order valence-corrected chi connectivity index (χ4v) is 3.62. The van der Waals surface area contributed by atoms with Gasteiger partial charge in [0.25, 0.3) is 0 Å². The van der Waals surface area contributed by atoms with Crippen LogP contribution in [-0.4, -0.2) is 33.5 Å². The van der Waals surface area contributed by atoms with E-state index in [1.165, 1.54) is 0 Å². The van der Waals surface area contributed by atoms with Gasteiger partial charge in [0, 0.05) is 19.1 Å². The summed E-state index contributed by atoms with van der Waals surface area (Å²) in [7, 11) is -3.35. The molecule has 138 valence electrons. The first-order valence-corrected chi connectivity index (χ1v) is 9.62. The van der Waals surface area contributed by atoms with Crippen molar-refractivity contribution in [3.05, 3.63) is 35.4 Å². The molecule has 0 unspecified atom stereocenters. The largest absolute Gasteiger partial charge is 0.357 e. The maximum Gasteiger partial charge on any atom is 0.216 e. The number of rotatable bonds is 8. The molecule has 1 aromatic rings. The predicted octanol–water partition coefficient (Wildman–Crippen LogP) is 2.21. The third-order valence-corrected chi connectivity index (χ3v) is 4.50. The molecule has 1 aromatic carbocycles. The Labute approximate surface area is 163 Å². The Morgan fingerprint density at radius 3 is 2.12 bits per heavy atom. The fraction of sp³-hybridized carbons (Fsp3) is 0.562. The predicted molar refractivity (Wildman–Crippen MR) is 111 cm³/mol. The van der Waals surface area contributed by atoms with E-state index in [9.17, 15) is 8.42 Å². The summed E-state index contributed by atoms with van der Waals surface area (Å²) in [4.78, 5) is 4.50. The van der Waals surface area contributed by atoms with Gasteiger partial charge >= 0.3 is 0 Å². The van der Waals surface area contributed by atoms with Crippen LogP contribution >= 0.6 is 24.0 Å². The van der Waals surface area contributed by atoms with Crippen molar-refractivity contribution in [1.82, 2.24) is 15.4 Å². The van der Waals surface area contributed by atoms with E-state index in [1.807, 2.05) is 52.0 Å². The Bertz CT molecular complexity index is 610. The van der Waals surface area contributed by atoms with Gasteiger partial charge in [0.05, 0.1) is 12.3 Å². The molecule has 0 aliphatic carbocycles. The molecular formula is C16H29IN4O2S. The molecule has 1 rings (SSSR count). The molecule has 0 aromatic heterocycles. The van der Waals surface area contributed by atoms with Crippen molar-refractivity contribution in [3.8, 4) is 0 Å². The summed E-state index contributed by atoms with van der Waals surface area (Å²) in [6.45, 7) is 9.62. The van der Waals surface area contributed by atoms with Crippen molar-refractivity contribution >= 4 is 40.0 Å². The van der Waals surface area contributed by atoms with Gasteiger partial charge in [-0.05, 0) is 38.8 Å². The van der Waals surface area contributed by atoms with E-state index in [-0.39, 0.29) is 35.8 Å². The fourth-order valence-electron chi connectivity index (χ4n) is 2.13.